The van der Waals surface area contributed by atoms with Crippen molar-refractivity contribution in [2.24, 2.45) is 7.05 Å². The summed E-state index contributed by atoms with van der Waals surface area (Å²) >= 11 is 3.39. The molecule has 0 radical (unpaired) electrons. The van der Waals surface area contributed by atoms with Crippen molar-refractivity contribution in [3.05, 3.63) is 27.3 Å². The zero-order valence-corrected chi connectivity index (χ0v) is 12.4. The third kappa shape index (κ3) is 2.52. The zero-order chi connectivity index (χ0) is 13.4. The summed E-state index contributed by atoms with van der Waals surface area (Å²) in [4.78, 5) is 16.4. The van der Waals surface area contributed by atoms with Crippen molar-refractivity contribution in [2.45, 2.75) is 24.9 Å². The first kappa shape index (κ1) is 12.7. The van der Waals surface area contributed by atoms with Crippen LogP contribution in [0.15, 0.2) is 5.38 Å². The van der Waals surface area contributed by atoms with Gasteiger partial charge in [-0.1, -0.05) is 0 Å². The van der Waals surface area contributed by atoms with E-state index in [2.05, 4.69) is 15.4 Å². The molecule has 1 N–H and O–H groups in total. The molecule has 3 rings (SSSR count). The Labute approximate surface area is 119 Å². The van der Waals surface area contributed by atoms with Crippen molar-refractivity contribution in [1.29, 1.82) is 0 Å². The van der Waals surface area contributed by atoms with E-state index in [9.17, 15) is 4.79 Å². The average Bonchev–Trinajstić information content (AvgIpc) is 3.00. The lowest BCUT2D eigenvalue weighted by Gasteiger charge is -2.06. The van der Waals surface area contributed by atoms with Gasteiger partial charge in [-0.25, -0.2) is 4.98 Å². The summed E-state index contributed by atoms with van der Waals surface area (Å²) in [7, 11) is 1.87. The molecule has 2 aromatic rings. The highest BCUT2D eigenvalue weighted by atomic mass is 32.2. The standard InChI is InChI=1S/C12H14N4OS2/c1-7-13-8(4-19-7)3-11(17)14-12-9-5-18-6-10(9)15-16(12)2/h4H,3,5-6H2,1-2H3,(H,14,17). The lowest BCUT2D eigenvalue weighted by atomic mass is 10.2. The first-order valence-electron chi connectivity index (χ1n) is 5.97. The maximum Gasteiger partial charge on any atom is 0.231 e. The molecular weight excluding hydrogens is 280 g/mol. The fraction of sp³-hybridized carbons (Fsp3) is 0.417. The van der Waals surface area contributed by atoms with E-state index in [0.29, 0.717) is 6.42 Å². The smallest absolute Gasteiger partial charge is 0.231 e. The number of hydrogen-bond acceptors (Lipinski definition) is 5. The molecule has 0 aliphatic carbocycles. The molecule has 100 valence electrons. The van der Waals surface area contributed by atoms with Gasteiger partial charge in [-0.15, -0.1) is 11.3 Å². The number of aromatic nitrogens is 3. The van der Waals surface area contributed by atoms with Gasteiger partial charge < -0.3 is 5.32 Å². The molecule has 19 heavy (non-hydrogen) atoms. The van der Waals surface area contributed by atoms with Crippen molar-refractivity contribution in [3.8, 4) is 0 Å². The van der Waals surface area contributed by atoms with Gasteiger partial charge in [0, 0.05) is 29.5 Å². The Hall–Kier alpha value is -1.34. The second-order valence-corrected chi connectivity index (χ2v) is 6.52. The molecule has 0 bridgehead atoms. The van der Waals surface area contributed by atoms with Gasteiger partial charge >= 0.3 is 0 Å². The Kier molecular flexibility index (Phi) is 3.32. The molecular formula is C12H14N4OS2. The second kappa shape index (κ2) is 4.97. The van der Waals surface area contributed by atoms with Crippen molar-refractivity contribution < 1.29 is 4.79 Å². The van der Waals surface area contributed by atoms with Crippen LogP contribution in [0.3, 0.4) is 0 Å². The fourth-order valence-electron chi connectivity index (χ4n) is 2.13. The number of thioether (sulfide) groups is 1. The van der Waals surface area contributed by atoms with Gasteiger partial charge in [-0.05, 0) is 6.92 Å². The Balaban J connectivity index is 1.73. The summed E-state index contributed by atoms with van der Waals surface area (Å²) in [5.41, 5.74) is 3.08. The Morgan fingerprint density at radius 1 is 1.53 bits per heavy atom. The zero-order valence-electron chi connectivity index (χ0n) is 10.8. The van der Waals surface area contributed by atoms with E-state index in [4.69, 9.17) is 0 Å². The number of aryl methyl sites for hydroxylation is 2. The topological polar surface area (TPSA) is 59.8 Å². The van der Waals surface area contributed by atoms with E-state index in [-0.39, 0.29) is 5.91 Å². The van der Waals surface area contributed by atoms with Crippen molar-refractivity contribution >= 4 is 34.8 Å². The molecule has 0 aromatic carbocycles. The van der Waals surface area contributed by atoms with Gasteiger partial charge in [0.05, 0.1) is 22.8 Å². The van der Waals surface area contributed by atoms with Gasteiger partial charge in [0.1, 0.15) is 5.82 Å². The summed E-state index contributed by atoms with van der Waals surface area (Å²) in [6, 6.07) is 0. The first-order chi connectivity index (χ1) is 9.13. The van der Waals surface area contributed by atoms with Gasteiger partial charge in [0.2, 0.25) is 5.91 Å². The molecule has 5 nitrogen and oxygen atoms in total. The monoisotopic (exact) mass is 294 g/mol. The van der Waals surface area contributed by atoms with Crippen LogP contribution in [0.4, 0.5) is 5.82 Å². The molecule has 2 aromatic heterocycles. The maximum atomic E-state index is 12.0. The minimum absolute atomic E-state index is 0.0343. The van der Waals surface area contributed by atoms with Crippen LogP contribution < -0.4 is 5.32 Å². The third-order valence-corrected chi connectivity index (χ3v) is 4.77. The number of nitrogens with one attached hydrogen (secondary N) is 1. The highest BCUT2D eigenvalue weighted by Crippen LogP contribution is 2.34. The van der Waals surface area contributed by atoms with E-state index in [1.807, 2.05) is 31.1 Å². The molecule has 1 amide bonds. The van der Waals surface area contributed by atoms with Crippen LogP contribution in [0.1, 0.15) is 22.0 Å². The molecule has 0 unspecified atom stereocenters. The highest BCUT2D eigenvalue weighted by Gasteiger charge is 2.22. The number of fused-ring (bicyclic) bond motifs is 1. The number of nitrogens with zero attached hydrogens (tertiary/aromatic N) is 3. The number of carbonyl (C=O) groups is 1. The summed E-state index contributed by atoms with van der Waals surface area (Å²) in [6.45, 7) is 1.94. The van der Waals surface area contributed by atoms with Crippen LogP contribution in [-0.2, 0) is 29.8 Å². The second-order valence-electron chi connectivity index (χ2n) is 4.47. The average molecular weight is 294 g/mol. The number of rotatable bonds is 3. The first-order valence-corrected chi connectivity index (χ1v) is 8.00. The molecule has 0 saturated carbocycles. The summed E-state index contributed by atoms with van der Waals surface area (Å²) in [6.07, 6.45) is 0.317. The van der Waals surface area contributed by atoms with Crippen LogP contribution in [0.5, 0.6) is 0 Å². The Morgan fingerprint density at radius 2 is 2.37 bits per heavy atom. The number of carbonyl (C=O) groups excluding carboxylic acids is 1. The lowest BCUT2D eigenvalue weighted by Crippen LogP contribution is -2.17. The maximum absolute atomic E-state index is 12.0. The molecule has 1 aliphatic rings. The largest absolute Gasteiger partial charge is 0.310 e. The van der Waals surface area contributed by atoms with E-state index in [1.54, 1.807) is 16.0 Å². The summed E-state index contributed by atoms with van der Waals surface area (Å²) in [5.74, 6) is 2.66. The van der Waals surface area contributed by atoms with Crippen LogP contribution >= 0.6 is 23.1 Å². The van der Waals surface area contributed by atoms with E-state index < -0.39 is 0 Å². The number of thiazole rings is 1. The normalized spacial score (nSPS) is 13.6. The quantitative estimate of drug-likeness (QED) is 0.942. The lowest BCUT2D eigenvalue weighted by molar-refractivity contribution is -0.115. The van der Waals surface area contributed by atoms with Crippen molar-refractivity contribution in [1.82, 2.24) is 14.8 Å². The predicted molar refractivity (Wildman–Crippen MR) is 77.4 cm³/mol. The molecule has 0 saturated heterocycles. The number of anilines is 1. The third-order valence-electron chi connectivity index (χ3n) is 2.98. The van der Waals surface area contributed by atoms with Crippen molar-refractivity contribution in [3.63, 3.8) is 0 Å². The van der Waals surface area contributed by atoms with Crippen LogP contribution in [-0.4, -0.2) is 20.7 Å². The van der Waals surface area contributed by atoms with E-state index in [0.717, 1.165) is 39.3 Å². The van der Waals surface area contributed by atoms with Gasteiger partial charge in [-0.3, -0.25) is 9.48 Å². The van der Waals surface area contributed by atoms with Gasteiger partial charge in [0.25, 0.3) is 0 Å². The van der Waals surface area contributed by atoms with Crippen LogP contribution in [0.25, 0.3) is 0 Å². The van der Waals surface area contributed by atoms with Crippen molar-refractivity contribution in [2.75, 3.05) is 5.32 Å². The molecule has 3 heterocycles. The van der Waals surface area contributed by atoms with E-state index in [1.165, 1.54) is 0 Å². The number of amides is 1. The highest BCUT2D eigenvalue weighted by molar-refractivity contribution is 7.98. The number of hydrogen-bond donors (Lipinski definition) is 1. The van der Waals surface area contributed by atoms with Crippen LogP contribution in [0, 0.1) is 6.92 Å². The molecule has 0 spiro atoms. The molecule has 1 aliphatic heterocycles. The van der Waals surface area contributed by atoms with Crippen LogP contribution in [0.2, 0.25) is 0 Å². The van der Waals surface area contributed by atoms with E-state index >= 15 is 0 Å². The van der Waals surface area contributed by atoms with Gasteiger partial charge in [-0.2, -0.15) is 16.9 Å². The summed E-state index contributed by atoms with van der Waals surface area (Å²) in [5, 5.41) is 10.3. The molecule has 0 fully saturated rings. The Bertz CT molecular complexity index is 632. The minimum Gasteiger partial charge on any atom is -0.310 e. The minimum atomic E-state index is -0.0343. The molecule has 7 heteroatoms. The predicted octanol–water partition coefficient (Wildman–Crippen LogP) is 2.11. The Morgan fingerprint density at radius 3 is 3.11 bits per heavy atom. The molecule has 0 atom stereocenters. The fourth-order valence-corrected chi connectivity index (χ4v) is 3.77. The summed E-state index contributed by atoms with van der Waals surface area (Å²) < 4.78 is 1.76. The SMILES string of the molecule is Cc1nc(CC(=O)Nc2c3c(nn2C)CSC3)cs1. The van der Waals surface area contributed by atoms with Gasteiger partial charge in [0.15, 0.2) is 0 Å².